The summed E-state index contributed by atoms with van der Waals surface area (Å²) in [5.41, 5.74) is 2.63. The van der Waals surface area contributed by atoms with Gasteiger partial charge < -0.3 is 19.5 Å². The molecule has 0 unspecified atom stereocenters. The van der Waals surface area contributed by atoms with Crippen LogP contribution in [0.3, 0.4) is 0 Å². The Morgan fingerprint density at radius 1 is 0.979 bits per heavy atom. The number of benzene rings is 1. The molecule has 2 aromatic rings. The number of hydrogen-bond acceptors (Lipinski definition) is 7. The van der Waals surface area contributed by atoms with Crippen LogP contribution >= 0.6 is 11.3 Å². The first-order valence-corrected chi connectivity index (χ1v) is 18.3. The Kier molecular flexibility index (Phi) is 11.3. The Morgan fingerprint density at radius 3 is 2.19 bits per heavy atom. The zero-order chi connectivity index (χ0) is 34.9. The number of hydrogen-bond donors (Lipinski definition) is 1. The number of rotatable bonds is 10. The molecule has 1 aromatic carbocycles. The van der Waals surface area contributed by atoms with E-state index in [2.05, 4.69) is 57.3 Å². The van der Waals surface area contributed by atoms with Gasteiger partial charge in [0.2, 0.25) is 0 Å². The van der Waals surface area contributed by atoms with Crippen molar-refractivity contribution in [1.82, 2.24) is 10.2 Å². The minimum atomic E-state index is -0.794. The van der Waals surface area contributed by atoms with E-state index < -0.39 is 16.9 Å². The van der Waals surface area contributed by atoms with E-state index in [1.54, 1.807) is 16.2 Å². The highest BCUT2D eigenvalue weighted by molar-refractivity contribution is 7.12. The van der Waals surface area contributed by atoms with Gasteiger partial charge in [-0.1, -0.05) is 52.0 Å². The second-order valence-corrected chi connectivity index (χ2v) is 18.4. The lowest BCUT2D eigenvalue weighted by molar-refractivity contribution is -0.0782. The fourth-order valence-corrected chi connectivity index (χ4v) is 8.02. The predicted molar refractivity (Wildman–Crippen MR) is 191 cm³/mol. The van der Waals surface area contributed by atoms with Gasteiger partial charge in [0.1, 0.15) is 16.9 Å². The molecule has 7 nitrogen and oxygen atoms in total. The van der Waals surface area contributed by atoms with Crippen LogP contribution in [0.4, 0.5) is 4.79 Å². The van der Waals surface area contributed by atoms with Gasteiger partial charge in [-0.15, -0.1) is 11.3 Å². The normalized spacial score (nSPS) is 20.7. The quantitative estimate of drug-likeness (QED) is 0.256. The molecule has 2 aliphatic rings. The summed E-state index contributed by atoms with van der Waals surface area (Å²) in [6.45, 7) is 25.9. The monoisotopic (exact) mass is 668 g/mol. The summed E-state index contributed by atoms with van der Waals surface area (Å²) >= 11 is 1.81. The molecule has 0 radical (unpaired) electrons. The van der Waals surface area contributed by atoms with E-state index in [1.807, 2.05) is 55.4 Å². The fraction of sp³-hybridized carbons (Fsp3) is 0.692. The minimum Gasteiger partial charge on any atom is -0.456 e. The van der Waals surface area contributed by atoms with Crippen LogP contribution in [-0.4, -0.2) is 59.1 Å². The van der Waals surface area contributed by atoms with Crippen LogP contribution in [0, 0.1) is 11.3 Å². The molecule has 0 spiro atoms. The smallest absolute Gasteiger partial charge is 0.412 e. The lowest BCUT2D eigenvalue weighted by Crippen LogP contribution is -2.51. The number of thiophene rings is 1. The molecule has 1 amide bonds. The topological polar surface area (TPSA) is 77.1 Å². The first-order chi connectivity index (χ1) is 21.6. The molecule has 1 N–H and O–H groups in total. The zero-order valence-electron chi connectivity index (χ0n) is 31.1. The Labute approximate surface area is 288 Å². The van der Waals surface area contributed by atoms with Gasteiger partial charge in [-0.25, -0.2) is 9.59 Å². The van der Waals surface area contributed by atoms with Crippen LogP contribution in [0.2, 0.25) is 0 Å². The molecule has 8 heteroatoms. The molecule has 1 saturated heterocycles. The maximum absolute atomic E-state index is 13.5. The number of amides is 1. The Hall–Kier alpha value is -2.42. The molecule has 47 heavy (non-hydrogen) atoms. The molecule has 1 aliphatic heterocycles. The number of nitrogens with zero attached hydrogens (tertiary/aromatic N) is 1. The molecule has 2 atom stereocenters. The third-order valence-corrected chi connectivity index (χ3v) is 10.2. The number of carbonyl (C=O) groups is 2. The molecule has 1 aliphatic carbocycles. The molecule has 4 rings (SSSR count). The first kappa shape index (κ1) is 37.4. The molecular weight excluding hydrogens is 609 g/mol. The van der Waals surface area contributed by atoms with E-state index in [9.17, 15) is 9.59 Å². The lowest BCUT2D eigenvalue weighted by atomic mass is 9.76. The van der Waals surface area contributed by atoms with Crippen molar-refractivity contribution in [3.63, 3.8) is 0 Å². The average molecular weight is 669 g/mol. The number of aryl methyl sites for hydroxylation is 3. The summed E-state index contributed by atoms with van der Waals surface area (Å²) in [6, 6.07) is 8.53. The summed E-state index contributed by atoms with van der Waals surface area (Å²) in [6.07, 6.45) is 4.85. The van der Waals surface area contributed by atoms with E-state index in [4.69, 9.17) is 14.2 Å². The van der Waals surface area contributed by atoms with Crippen molar-refractivity contribution in [2.75, 3.05) is 13.1 Å². The summed E-state index contributed by atoms with van der Waals surface area (Å²) in [5, 5.41) is 3.54. The van der Waals surface area contributed by atoms with Gasteiger partial charge >= 0.3 is 12.1 Å². The Balaban J connectivity index is 1.52. The average Bonchev–Trinajstić information content (AvgIpc) is 3.38. The van der Waals surface area contributed by atoms with E-state index >= 15 is 0 Å². The van der Waals surface area contributed by atoms with Gasteiger partial charge in [-0.2, -0.15) is 0 Å². The number of ether oxygens (including phenoxy) is 3. The maximum atomic E-state index is 13.5. The highest BCUT2D eigenvalue weighted by Crippen LogP contribution is 2.43. The zero-order valence-corrected chi connectivity index (χ0v) is 31.9. The van der Waals surface area contributed by atoms with Crippen molar-refractivity contribution in [3.05, 3.63) is 56.3 Å². The van der Waals surface area contributed by atoms with Crippen LogP contribution in [0.15, 0.2) is 24.3 Å². The van der Waals surface area contributed by atoms with Gasteiger partial charge in [-0.05, 0) is 128 Å². The van der Waals surface area contributed by atoms with Crippen LogP contribution in [0.25, 0.3) is 0 Å². The van der Waals surface area contributed by atoms with E-state index in [-0.39, 0.29) is 29.6 Å². The summed E-state index contributed by atoms with van der Waals surface area (Å²) in [7, 11) is 0. The molecular formula is C39H60N2O5S. The van der Waals surface area contributed by atoms with E-state index in [0.717, 1.165) is 54.7 Å². The minimum absolute atomic E-state index is 0.169. The summed E-state index contributed by atoms with van der Waals surface area (Å²) in [4.78, 5) is 31.3. The largest absolute Gasteiger partial charge is 0.456 e. The van der Waals surface area contributed by atoms with Gasteiger partial charge in [0, 0.05) is 16.3 Å². The van der Waals surface area contributed by atoms with Crippen molar-refractivity contribution in [2.45, 2.75) is 151 Å². The number of nitrogens with one attached hydrogen (secondary N) is 1. The third kappa shape index (κ3) is 10.1. The van der Waals surface area contributed by atoms with Crippen molar-refractivity contribution in [3.8, 4) is 0 Å². The van der Waals surface area contributed by atoms with E-state index in [0.29, 0.717) is 18.9 Å². The molecule has 1 aromatic heterocycles. The second kappa shape index (κ2) is 14.2. The molecule has 262 valence electrons. The SMILES string of the molecule is CC(C)CNC[C@H]1OC(C)(C)N(C(=O)OC(C)(C)C)[C@H]1Cc1ccc(CCc2sc3c(c2C(=O)OC(C)(C)C)CC(C)(C)CC3)cc1. The van der Waals surface area contributed by atoms with Crippen molar-refractivity contribution >= 4 is 23.4 Å². The lowest BCUT2D eigenvalue weighted by Gasteiger charge is -2.35. The highest BCUT2D eigenvalue weighted by Gasteiger charge is 2.51. The van der Waals surface area contributed by atoms with Gasteiger partial charge in [-0.3, -0.25) is 4.90 Å². The van der Waals surface area contributed by atoms with Gasteiger partial charge in [0.05, 0.1) is 17.7 Å². The van der Waals surface area contributed by atoms with Crippen LogP contribution < -0.4 is 5.32 Å². The second-order valence-electron chi connectivity index (χ2n) is 17.2. The maximum Gasteiger partial charge on any atom is 0.412 e. The van der Waals surface area contributed by atoms with Gasteiger partial charge in [0.25, 0.3) is 0 Å². The number of esters is 1. The Morgan fingerprint density at radius 2 is 1.60 bits per heavy atom. The predicted octanol–water partition coefficient (Wildman–Crippen LogP) is 8.53. The standard InChI is InChI=1S/C39H60N2O5S/c1-25(2)23-40-24-30-29(41(39(11,12)44-30)35(43)46-37(6,7)8)21-27-15-13-26(14-16-27)17-18-32-33(34(42)45-36(3,4)5)28-22-38(9,10)20-19-31(28)47-32/h13-16,25,29-30,40H,17-24H2,1-12H3/t29-,30+/m0/s1. The number of fused-ring (bicyclic) bond motifs is 1. The molecule has 0 bridgehead atoms. The third-order valence-electron chi connectivity index (χ3n) is 8.83. The number of carbonyl (C=O) groups excluding carboxylic acids is 2. The van der Waals surface area contributed by atoms with Crippen molar-refractivity contribution in [2.24, 2.45) is 11.3 Å². The molecule has 2 heterocycles. The first-order valence-electron chi connectivity index (χ1n) is 17.5. The highest BCUT2D eigenvalue weighted by atomic mass is 32.1. The van der Waals surface area contributed by atoms with E-state index in [1.165, 1.54) is 16.0 Å². The van der Waals surface area contributed by atoms with Crippen molar-refractivity contribution < 1.29 is 23.8 Å². The molecule has 1 fully saturated rings. The van der Waals surface area contributed by atoms with Crippen molar-refractivity contribution in [1.29, 1.82) is 0 Å². The van der Waals surface area contributed by atoms with Crippen LogP contribution in [0.1, 0.15) is 126 Å². The summed E-state index contributed by atoms with van der Waals surface area (Å²) in [5.74, 6) is 0.329. The molecule has 0 saturated carbocycles. The van der Waals surface area contributed by atoms with Crippen LogP contribution in [0.5, 0.6) is 0 Å². The van der Waals surface area contributed by atoms with Gasteiger partial charge in [0.15, 0.2) is 0 Å². The van der Waals surface area contributed by atoms with Crippen LogP contribution in [-0.2, 0) is 46.3 Å². The Bertz CT molecular complexity index is 1390. The fourth-order valence-electron chi connectivity index (χ4n) is 6.71. The summed E-state index contributed by atoms with van der Waals surface area (Å²) < 4.78 is 18.3.